The molecule has 1 atom stereocenters. The maximum Gasteiger partial charge on any atom is 0.277 e. The van der Waals surface area contributed by atoms with E-state index in [-0.39, 0.29) is 23.9 Å². The number of aromatic nitrogens is 5. The third-order valence-corrected chi connectivity index (χ3v) is 5.62. The minimum absolute atomic E-state index is 0.134. The summed E-state index contributed by atoms with van der Waals surface area (Å²) >= 11 is 1.58. The Morgan fingerprint density at radius 2 is 2.03 bits per heavy atom. The summed E-state index contributed by atoms with van der Waals surface area (Å²) in [6.45, 7) is 3.53. The van der Waals surface area contributed by atoms with Gasteiger partial charge in [0.15, 0.2) is 0 Å². The number of aryl methyl sites for hydroxylation is 2. The largest absolute Gasteiger partial charge is 0.344 e. The van der Waals surface area contributed by atoms with Gasteiger partial charge in [-0.05, 0) is 49.4 Å². The molecule has 4 aromatic heterocycles. The Balaban J connectivity index is 1.52. The Hall–Kier alpha value is -3.33. The number of carbonyl (C=O) groups excluding carboxylic acids is 1. The standard InChI is InChI=1S/C20H20N6O2S/c1-12-15(19(28)26-20(22-12)23-13(2)25-26)5-6-17(27)24-18(16-4-3-11-29-16)14-7-9-21-10-8-14/h3-4,7-11,18H,5-6H2,1-2H3,(H,24,27)(H,22,23,25). The van der Waals surface area contributed by atoms with Gasteiger partial charge in [-0.3, -0.25) is 19.7 Å². The highest BCUT2D eigenvalue weighted by Crippen LogP contribution is 2.25. The molecule has 8 nitrogen and oxygen atoms in total. The second-order valence-corrected chi connectivity index (χ2v) is 7.70. The lowest BCUT2D eigenvalue weighted by molar-refractivity contribution is -0.121. The van der Waals surface area contributed by atoms with Crippen molar-refractivity contribution in [3.8, 4) is 0 Å². The number of carbonyl (C=O) groups is 1. The fraction of sp³-hybridized carbons (Fsp3) is 0.250. The predicted octanol–water partition coefficient (Wildman–Crippen LogP) is 2.33. The molecule has 0 spiro atoms. The third-order valence-electron chi connectivity index (χ3n) is 4.68. The summed E-state index contributed by atoms with van der Waals surface area (Å²) in [6, 6.07) is 7.48. The highest BCUT2D eigenvalue weighted by atomic mass is 32.1. The minimum atomic E-state index is -0.247. The van der Waals surface area contributed by atoms with Crippen LogP contribution in [0.5, 0.6) is 0 Å². The summed E-state index contributed by atoms with van der Waals surface area (Å²) in [4.78, 5) is 39.1. The van der Waals surface area contributed by atoms with Crippen molar-refractivity contribution in [3.05, 3.63) is 79.9 Å². The summed E-state index contributed by atoms with van der Waals surface area (Å²) in [5.74, 6) is 0.818. The summed E-state index contributed by atoms with van der Waals surface area (Å²) in [5, 5.41) is 7.94. The van der Waals surface area contributed by atoms with E-state index in [1.54, 1.807) is 37.6 Å². The number of hydrogen-bond donors (Lipinski definition) is 2. The molecule has 29 heavy (non-hydrogen) atoms. The van der Waals surface area contributed by atoms with Crippen molar-refractivity contribution in [2.75, 3.05) is 0 Å². The van der Waals surface area contributed by atoms with Crippen molar-refractivity contribution in [1.29, 1.82) is 0 Å². The number of amides is 1. The Bertz CT molecular complexity index is 1200. The number of nitrogens with one attached hydrogen (secondary N) is 2. The van der Waals surface area contributed by atoms with Gasteiger partial charge in [0.1, 0.15) is 5.82 Å². The Kier molecular flexibility index (Phi) is 5.22. The first-order valence-electron chi connectivity index (χ1n) is 9.20. The number of pyridine rings is 1. The van der Waals surface area contributed by atoms with Crippen molar-refractivity contribution >= 4 is 23.0 Å². The number of rotatable bonds is 6. The quantitative estimate of drug-likeness (QED) is 0.509. The Morgan fingerprint density at radius 1 is 1.24 bits per heavy atom. The monoisotopic (exact) mass is 408 g/mol. The molecule has 0 saturated carbocycles. The highest BCUT2D eigenvalue weighted by Gasteiger charge is 2.19. The molecule has 0 radical (unpaired) electrons. The van der Waals surface area contributed by atoms with E-state index in [2.05, 4.69) is 25.4 Å². The molecule has 4 heterocycles. The van der Waals surface area contributed by atoms with Crippen LogP contribution < -0.4 is 10.9 Å². The molecule has 0 saturated heterocycles. The molecule has 0 fully saturated rings. The summed E-state index contributed by atoms with van der Waals surface area (Å²) < 4.78 is 1.32. The third kappa shape index (κ3) is 3.95. The van der Waals surface area contributed by atoms with Crippen molar-refractivity contribution in [2.24, 2.45) is 0 Å². The zero-order valence-electron chi connectivity index (χ0n) is 16.0. The number of aromatic amines is 1. The first kappa shape index (κ1) is 19.0. The minimum Gasteiger partial charge on any atom is -0.344 e. The fourth-order valence-corrected chi connectivity index (χ4v) is 4.05. The summed E-state index contributed by atoms with van der Waals surface area (Å²) in [5.41, 5.74) is 1.85. The molecule has 148 valence electrons. The van der Waals surface area contributed by atoms with Gasteiger partial charge in [0.25, 0.3) is 11.3 Å². The molecule has 0 bridgehead atoms. The van der Waals surface area contributed by atoms with Crippen molar-refractivity contribution in [3.63, 3.8) is 0 Å². The highest BCUT2D eigenvalue weighted by molar-refractivity contribution is 7.10. The van der Waals surface area contributed by atoms with Crippen LogP contribution in [0, 0.1) is 13.8 Å². The van der Waals surface area contributed by atoms with Crippen LogP contribution >= 0.6 is 11.3 Å². The molecule has 0 aliphatic rings. The van der Waals surface area contributed by atoms with E-state index in [9.17, 15) is 9.59 Å². The van der Waals surface area contributed by atoms with Gasteiger partial charge in [-0.15, -0.1) is 11.3 Å². The molecular weight excluding hydrogens is 388 g/mol. The van der Waals surface area contributed by atoms with Crippen molar-refractivity contribution < 1.29 is 4.79 Å². The van der Waals surface area contributed by atoms with Crippen LogP contribution in [-0.2, 0) is 11.2 Å². The van der Waals surface area contributed by atoms with Gasteiger partial charge in [-0.2, -0.15) is 9.50 Å². The normalized spacial score (nSPS) is 12.2. The molecule has 2 N–H and O–H groups in total. The fourth-order valence-electron chi connectivity index (χ4n) is 3.25. The number of hydrogen-bond acceptors (Lipinski definition) is 6. The van der Waals surface area contributed by atoms with Crippen LogP contribution in [0.15, 0.2) is 46.8 Å². The van der Waals surface area contributed by atoms with E-state index in [1.165, 1.54) is 4.52 Å². The molecule has 1 unspecified atom stereocenters. The van der Waals surface area contributed by atoms with Gasteiger partial charge >= 0.3 is 0 Å². The lowest BCUT2D eigenvalue weighted by Gasteiger charge is -2.18. The van der Waals surface area contributed by atoms with E-state index in [0.717, 1.165) is 10.4 Å². The Morgan fingerprint density at radius 3 is 2.76 bits per heavy atom. The van der Waals surface area contributed by atoms with Crippen LogP contribution in [0.3, 0.4) is 0 Å². The lowest BCUT2D eigenvalue weighted by Crippen LogP contribution is -2.30. The van der Waals surface area contributed by atoms with E-state index >= 15 is 0 Å². The molecule has 0 aliphatic carbocycles. The van der Waals surface area contributed by atoms with E-state index in [4.69, 9.17) is 0 Å². The first-order valence-corrected chi connectivity index (χ1v) is 10.1. The van der Waals surface area contributed by atoms with Crippen LogP contribution in [0.2, 0.25) is 0 Å². The van der Waals surface area contributed by atoms with Crippen LogP contribution in [0.1, 0.15) is 40.0 Å². The summed E-state index contributed by atoms with van der Waals surface area (Å²) in [6.07, 6.45) is 3.90. The van der Waals surface area contributed by atoms with Crippen LogP contribution in [0.4, 0.5) is 0 Å². The van der Waals surface area contributed by atoms with Crippen molar-refractivity contribution in [1.82, 2.24) is 29.9 Å². The molecular formula is C20H20N6O2S. The maximum absolute atomic E-state index is 12.7. The molecule has 4 rings (SSSR count). The molecule has 0 aliphatic heterocycles. The maximum atomic E-state index is 12.7. The molecule has 0 aromatic carbocycles. The number of thiophene rings is 1. The lowest BCUT2D eigenvalue weighted by atomic mass is 10.1. The Labute approximate surface area is 170 Å². The van der Waals surface area contributed by atoms with Crippen LogP contribution in [0.25, 0.3) is 5.78 Å². The second kappa shape index (κ2) is 7.96. The average molecular weight is 408 g/mol. The average Bonchev–Trinajstić information content (AvgIpc) is 3.36. The summed E-state index contributed by atoms with van der Waals surface area (Å²) in [7, 11) is 0. The predicted molar refractivity (Wildman–Crippen MR) is 110 cm³/mol. The van der Waals surface area contributed by atoms with Gasteiger partial charge < -0.3 is 5.32 Å². The van der Waals surface area contributed by atoms with Gasteiger partial charge in [-0.1, -0.05) is 6.07 Å². The number of H-pyrrole nitrogens is 1. The molecule has 1 amide bonds. The van der Waals surface area contributed by atoms with E-state index in [1.807, 2.05) is 29.6 Å². The molecule has 9 heteroatoms. The molecule has 4 aromatic rings. The first-order chi connectivity index (χ1) is 14.0. The smallest absolute Gasteiger partial charge is 0.277 e. The van der Waals surface area contributed by atoms with E-state index < -0.39 is 0 Å². The van der Waals surface area contributed by atoms with Gasteiger partial charge in [-0.25, -0.2) is 4.98 Å². The van der Waals surface area contributed by atoms with Crippen LogP contribution in [-0.4, -0.2) is 30.5 Å². The second-order valence-electron chi connectivity index (χ2n) is 6.72. The zero-order chi connectivity index (χ0) is 20.4. The number of nitrogens with zero attached hydrogens (tertiary/aromatic N) is 4. The SMILES string of the molecule is Cc1nc2nc(C)c(CCC(=O)NC(c3ccncc3)c3cccs3)c(=O)n2[nH]1. The van der Waals surface area contributed by atoms with E-state index in [0.29, 0.717) is 29.3 Å². The van der Waals surface area contributed by atoms with Crippen molar-refractivity contribution in [2.45, 2.75) is 32.7 Å². The topological polar surface area (TPSA) is 105 Å². The zero-order valence-corrected chi connectivity index (χ0v) is 16.9. The van der Waals surface area contributed by atoms with Gasteiger partial charge in [0.2, 0.25) is 5.91 Å². The van der Waals surface area contributed by atoms with Gasteiger partial charge in [0.05, 0.1) is 11.7 Å². The van der Waals surface area contributed by atoms with Gasteiger partial charge in [0, 0.05) is 29.3 Å². The number of fused-ring (bicyclic) bond motifs is 1.